The Morgan fingerprint density at radius 2 is 2.11 bits per heavy atom. The quantitative estimate of drug-likeness (QED) is 0.855. The fourth-order valence-corrected chi connectivity index (χ4v) is 1.56. The highest BCUT2D eigenvalue weighted by molar-refractivity contribution is 6.05. The number of carboxylic acids is 1. The van der Waals surface area contributed by atoms with Crippen LogP contribution in [0.4, 0.5) is 4.39 Å². The number of fused-ring (bicyclic) bond motifs is 1. The average molecular weight is 248 g/mol. The Bertz CT molecular complexity index is 628. The second-order valence-corrected chi connectivity index (χ2v) is 3.60. The molecule has 0 fully saturated rings. The van der Waals surface area contributed by atoms with Gasteiger partial charge in [0.15, 0.2) is 0 Å². The molecule has 18 heavy (non-hydrogen) atoms. The fraction of sp³-hybridized carbons (Fsp3) is 0.0833. The van der Waals surface area contributed by atoms with Crippen molar-refractivity contribution in [1.82, 2.24) is 10.3 Å². The van der Waals surface area contributed by atoms with Crippen molar-refractivity contribution in [2.75, 3.05) is 6.54 Å². The summed E-state index contributed by atoms with van der Waals surface area (Å²) in [6.45, 7) is -0.508. The molecule has 6 heteroatoms. The van der Waals surface area contributed by atoms with E-state index in [-0.39, 0.29) is 5.69 Å². The van der Waals surface area contributed by atoms with Crippen LogP contribution in [0.25, 0.3) is 10.8 Å². The van der Waals surface area contributed by atoms with Gasteiger partial charge in [-0.1, -0.05) is 6.07 Å². The van der Waals surface area contributed by atoms with Crippen LogP contribution >= 0.6 is 0 Å². The number of rotatable bonds is 3. The summed E-state index contributed by atoms with van der Waals surface area (Å²) in [5, 5.41) is 11.7. The third-order valence-corrected chi connectivity index (χ3v) is 2.34. The van der Waals surface area contributed by atoms with Crippen LogP contribution in [0, 0.1) is 5.82 Å². The molecule has 2 rings (SSSR count). The zero-order valence-corrected chi connectivity index (χ0v) is 9.18. The first-order chi connectivity index (χ1) is 8.58. The molecule has 0 saturated heterocycles. The Hall–Kier alpha value is -2.50. The first kappa shape index (κ1) is 12.0. The van der Waals surface area contributed by atoms with Crippen molar-refractivity contribution in [2.24, 2.45) is 0 Å². The molecule has 0 saturated carbocycles. The number of carbonyl (C=O) groups excluding carboxylic acids is 1. The Balaban J connectivity index is 2.40. The van der Waals surface area contributed by atoms with E-state index in [1.54, 1.807) is 6.07 Å². The third kappa shape index (κ3) is 2.42. The minimum absolute atomic E-state index is 0.00764. The predicted octanol–water partition coefficient (Wildman–Crippen LogP) is 1.19. The van der Waals surface area contributed by atoms with Crippen LogP contribution in [-0.2, 0) is 4.79 Å². The van der Waals surface area contributed by atoms with E-state index in [4.69, 9.17) is 5.11 Å². The Morgan fingerprint density at radius 1 is 1.33 bits per heavy atom. The van der Waals surface area contributed by atoms with Crippen LogP contribution in [0.5, 0.6) is 0 Å². The van der Waals surface area contributed by atoms with Gasteiger partial charge in [-0.05, 0) is 23.6 Å². The molecule has 0 aliphatic rings. The molecule has 92 valence electrons. The lowest BCUT2D eigenvalue weighted by atomic mass is 10.1. The van der Waals surface area contributed by atoms with Crippen molar-refractivity contribution in [3.63, 3.8) is 0 Å². The molecule has 1 heterocycles. The number of nitrogens with one attached hydrogen (secondary N) is 1. The van der Waals surface area contributed by atoms with Gasteiger partial charge in [-0.2, -0.15) is 0 Å². The lowest BCUT2D eigenvalue weighted by Crippen LogP contribution is -2.30. The standard InChI is InChI=1S/C12H9FN2O3/c13-8-2-1-7-3-4-14-11(9(7)5-8)12(18)15-6-10(16)17/h1-5H,6H2,(H,15,18)(H,16,17). The minimum Gasteiger partial charge on any atom is -0.480 e. The van der Waals surface area contributed by atoms with Gasteiger partial charge in [0.25, 0.3) is 5.91 Å². The topological polar surface area (TPSA) is 79.3 Å². The molecular weight excluding hydrogens is 239 g/mol. The highest BCUT2D eigenvalue weighted by Crippen LogP contribution is 2.17. The number of amides is 1. The monoisotopic (exact) mass is 248 g/mol. The maximum absolute atomic E-state index is 13.1. The molecule has 0 bridgehead atoms. The molecule has 5 nitrogen and oxygen atoms in total. The van der Waals surface area contributed by atoms with E-state index in [0.29, 0.717) is 10.8 Å². The number of pyridine rings is 1. The van der Waals surface area contributed by atoms with E-state index in [9.17, 15) is 14.0 Å². The van der Waals surface area contributed by atoms with Crippen molar-refractivity contribution < 1.29 is 19.1 Å². The summed E-state index contributed by atoms with van der Waals surface area (Å²) < 4.78 is 13.1. The van der Waals surface area contributed by atoms with Crippen LogP contribution in [0.3, 0.4) is 0 Å². The SMILES string of the molecule is O=C(O)CNC(=O)c1nccc2ccc(F)cc12. The van der Waals surface area contributed by atoms with Gasteiger partial charge >= 0.3 is 5.97 Å². The summed E-state index contributed by atoms with van der Waals surface area (Å²) in [6, 6.07) is 5.64. The van der Waals surface area contributed by atoms with Crippen molar-refractivity contribution in [1.29, 1.82) is 0 Å². The molecule has 2 aromatic rings. The van der Waals surface area contributed by atoms with Gasteiger partial charge in [-0.25, -0.2) is 4.39 Å². The van der Waals surface area contributed by atoms with Gasteiger partial charge in [0.05, 0.1) is 0 Å². The third-order valence-electron chi connectivity index (χ3n) is 2.34. The van der Waals surface area contributed by atoms with Crippen molar-refractivity contribution in [3.8, 4) is 0 Å². The summed E-state index contributed by atoms with van der Waals surface area (Å²) in [7, 11) is 0. The molecule has 0 atom stereocenters. The number of aromatic nitrogens is 1. The number of hydrogen-bond acceptors (Lipinski definition) is 3. The highest BCUT2D eigenvalue weighted by Gasteiger charge is 2.12. The first-order valence-corrected chi connectivity index (χ1v) is 5.12. The zero-order chi connectivity index (χ0) is 13.1. The Kier molecular flexibility index (Phi) is 3.18. The number of carbonyl (C=O) groups is 2. The Morgan fingerprint density at radius 3 is 2.83 bits per heavy atom. The van der Waals surface area contributed by atoms with Gasteiger partial charge in [0.2, 0.25) is 0 Å². The van der Waals surface area contributed by atoms with Crippen molar-refractivity contribution in [2.45, 2.75) is 0 Å². The fourth-order valence-electron chi connectivity index (χ4n) is 1.56. The molecular formula is C12H9FN2O3. The van der Waals surface area contributed by atoms with Crippen LogP contribution in [0.2, 0.25) is 0 Å². The lowest BCUT2D eigenvalue weighted by molar-refractivity contribution is -0.135. The van der Waals surface area contributed by atoms with Gasteiger partial charge in [-0.3, -0.25) is 14.6 Å². The molecule has 2 N–H and O–H groups in total. The number of aliphatic carboxylic acids is 1. The highest BCUT2D eigenvalue weighted by atomic mass is 19.1. The minimum atomic E-state index is -1.16. The van der Waals surface area contributed by atoms with Crippen LogP contribution in [-0.4, -0.2) is 28.5 Å². The summed E-state index contributed by atoms with van der Waals surface area (Å²) in [4.78, 5) is 25.9. The molecule has 0 aliphatic carbocycles. The molecule has 1 amide bonds. The van der Waals surface area contributed by atoms with Gasteiger partial charge in [0, 0.05) is 11.6 Å². The zero-order valence-electron chi connectivity index (χ0n) is 9.18. The van der Waals surface area contributed by atoms with Gasteiger partial charge < -0.3 is 10.4 Å². The molecule has 0 unspecified atom stereocenters. The molecule has 0 aliphatic heterocycles. The number of carboxylic acid groups (broad SMARTS) is 1. The van der Waals surface area contributed by atoms with Crippen molar-refractivity contribution >= 4 is 22.6 Å². The van der Waals surface area contributed by atoms with E-state index in [2.05, 4.69) is 10.3 Å². The number of hydrogen-bond donors (Lipinski definition) is 2. The van der Waals surface area contributed by atoms with Crippen LogP contribution in [0.1, 0.15) is 10.5 Å². The number of nitrogens with zero attached hydrogens (tertiary/aromatic N) is 1. The summed E-state index contributed by atoms with van der Waals surface area (Å²) in [6.07, 6.45) is 1.41. The van der Waals surface area contributed by atoms with Crippen LogP contribution in [0.15, 0.2) is 30.5 Å². The number of benzene rings is 1. The second kappa shape index (κ2) is 4.79. The van der Waals surface area contributed by atoms with E-state index < -0.39 is 24.2 Å². The predicted molar refractivity (Wildman–Crippen MR) is 61.7 cm³/mol. The number of halogens is 1. The molecule has 1 aromatic heterocycles. The van der Waals surface area contributed by atoms with Gasteiger partial charge in [0.1, 0.15) is 18.1 Å². The smallest absolute Gasteiger partial charge is 0.322 e. The largest absolute Gasteiger partial charge is 0.480 e. The van der Waals surface area contributed by atoms with E-state index in [0.717, 1.165) is 0 Å². The lowest BCUT2D eigenvalue weighted by Gasteiger charge is -2.05. The summed E-state index contributed by atoms with van der Waals surface area (Å²) >= 11 is 0. The van der Waals surface area contributed by atoms with Gasteiger partial charge in [-0.15, -0.1) is 0 Å². The van der Waals surface area contributed by atoms with Crippen LogP contribution < -0.4 is 5.32 Å². The normalized spacial score (nSPS) is 10.3. The van der Waals surface area contributed by atoms with E-state index >= 15 is 0 Å². The Labute approximate surface area is 101 Å². The second-order valence-electron chi connectivity index (χ2n) is 3.60. The maximum Gasteiger partial charge on any atom is 0.322 e. The molecule has 0 spiro atoms. The summed E-state index contributed by atoms with van der Waals surface area (Å²) in [5.74, 6) is -2.29. The van der Waals surface area contributed by atoms with E-state index in [1.165, 1.54) is 24.4 Å². The molecule has 1 aromatic carbocycles. The first-order valence-electron chi connectivity index (χ1n) is 5.12. The van der Waals surface area contributed by atoms with Crippen molar-refractivity contribution in [3.05, 3.63) is 42.0 Å². The van der Waals surface area contributed by atoms with E-state index in [1.807, 2.05) is 0 Å². The maximum atomic E-state index is 13.1. The summed E-state index contributed by atoms with van der Waals surface area (Å²) in [5.41, 5.74) is 0.00764. The molecule has 0 radical (unpaired) electrons. The average Bonchev–Trinajstić information content (AvgIpc) is 2.35.